The average molecular weight is 289 g/mol. The van der Waals surface area contributed by atoms with Crippen molar-refractivity contribution in [1.82, 2.24) is 0 Å². The van der Waals surface area contributed by atoms with Gasteiger partial charge in [0.25, 0.3) is 0 Å². The van der Waals surface area contributed by atoms with Gasteiger partial charge in [0, 0.05) is 10.9 Å². The molecule has 2 atom stereocenters. The van der Waals surface area contributed by atoms with Crippen molar-refractivity contribution in [3.8, 4) is 0 Å². The highest BCUT2D eigenvalue weighted by molar-refractivity contribution is 9.09. The standard InChI is InChI=1S/C13H15BrF2/c14-12-5-3-1-2-4-10(12)11-7-6-9(15)8-13(11)16/h6-8,10,12H,1-5H2. The van der Waals surface area contributed by atoms with E-state index in [-0.39, 0.29) is 5.92 Å². The second-order valence-electron chi connectivity index (χ2n) is 4.43. The van der Waals surface area contributed by atoms with E-state index in [0.29, 0.717) is 10.4 Å². The largest absolute Gasteiger partial charge is 0.207 e. The monoisotopic (exact) mass is 288 g/mol. The van der Waals surface area contributed by atoms with Crippen LogP contribution in [0.2, 0.25) is 0 Å². The van der Waals surface area contributed by atoms with E-state index in [0.717, 1.165) is 25.3 Å². The van der Waals surface area contributed by atoms with E-state index < -0.39 is 11.6 Å². The summed E-state index contributed by atoms with van der Waals surface area (Å²) >= 11 is 3.63. The minimum Gasteiger partial charge on any atom is -0.207 e. The van der Waals surface area contributed by atoms with Gasteiger partial charge >= 0.3 is 0 Å². The first kappa shape index (κ1) is 12.0. The van der Waals surface area contributed by atoms with Gasteiger partial charge in [-0.15, -0.1) is 0 Å². The van der Waals surface area contributed by atoms with E-state index in [1.807, 2.05) is 0 Å². The molecule has 0 aliphatic heterocycles. The van der Waals surface area contributed by atoms with Crippen molar-refractivity contribution in [2.24, 2.45) is 0 Å². The molecule has 88 valence electrons. The second kappa shape index (κ2) is 5.26. The summed E-state index contributed by atoms with van der Waals surface area (Å²) < 4.78 is 26.5. The molecular weight excluding hydrogens is 274 g/mol. The molecule has 0 aromatic heterocycles. The molecule has 0 amide bonds. The van der Waals surface area contributed by atoms with Crippen molar-refractivity contribution < 1.29 is 8.78 Å². The Kier molecular flexibility index (Phi) is 3.95. The van der Waals surface area contributed by atoms with Gasteiger partial charge in [-0.05, 0) is 30.4 Å². The van der Waals surface area contributed by atoms with E-state index in [1.54, 1.807) is 6.07 Å². The van der Waals surface area contributed by atoms with Crippen molar-refractivity contribution in [3.63, 3.8) is 0 Å². The van der Waals surface area contributed by atoms with Gasteiger partial charge in [-0.1, -0.05) is 41.3 Å². The lowest BCUT2D eigenvalue weighted by Gasteiger charge is -2.20. The second-order valence-corrected chi connectivity index (χ2v) is 5.60. The predicted molar refractivity (Wildman–Crippen MR) is 64.9 cm³/mol. The molecule has 1 fully saturated rings. The quantitative estimate of drug-likeness (QED) is 0.515. The number of benzene rings is 1. The molecule has 0 radical (unpaired) electrons. The van der Waals surface area contributed by atoms with Crippen LogP contribution >= 0.6 is 15.9 Å². The topological polar surface area (TPSA) is 0 Å². The maximum Gasteiger partial charge on any atom is 0.129 e. The summed E-state index contributed by atoms with van der Waals surface area (Å²) in [6.45, 7) is 0. The van der Waals surface area contributed by atoms with Crippen LogP contribution in [0.15, 0.2) is 18.2 Å². The lowest BCUT2D eigenvalue weighted by Crippen LogP contribution is -2.12. The maximum absolute atomic E-state index is 13.7. The number of hydrogen-bond donors (Lipinski definition) is 0. The third kappa shape index (κ3) is 2.62. The van der Waals surface area contributed by atoms with Crippen LogP contribution in [-0.4, -0.2) is 4.83 Å². The van der Waals surface area contributed by atoms with Crippen LogP contribution in [0.1, 0.15) is 43.6 Å². The van der Waals surface area contributed by atoms with Crippen molar-refractivity contribution >= 4 is 15.9 Å². The van der Waals surface area contributed by atoms with Crippen LogP contribution < -0.4 is 0 Å². The van der Waals surface area contributed by atoms with Gasteiger partial charge in [0.1, 0.15) is 11.6 Å². The molecular formula is C13H15BrF2. The lowest BCUT2D eigenvalue weighted by atomic mass is 9.91. The van der Waals surface area contributed by atoms with Crippen LogP contribution in [0, 0.1) is 11.6 Å². The number of halogens is 3. The zero-order valence-electron chi connectivity index (χ0n) is 9.06. The van der Waals surface area contributed by atoms with E-state index in [1.165, 1.54) is 18.9 Å². The van der Waals surface area contributed by atoms with Gasteiger partial charge in [0.2, 0.25) is 0 Å². The van der Waals surface area contributed by atoms with Crippen LogP contribution in [-0.2, 0) is 0 Å². The molecule has 1 aliphatic rings. The third-order valence-corrected chi connectivity index (χ3v) is 4.39. The fourth-order valence-corrected chi connectivity index (χ4v) is 3.29. The molecule has 3 heteroatoms. The number of hydrogen-bond acceptors (Lipinski definition) is 0. The molecule has 0 spiro atoms. The van der Waals surface area contributed by atoms with Crippen LogP contribution in [0.25, 0.3) is 0 Å². The van der Waals surface area contributed by atoms with Gasteiger partial charge in [0.15, 0.2) is 0 Å². The van der Waals surface area contributed by atoms with E-state index in [9.17, 15) is 8.78 Å². The average Bonchev–Trinajstić information content (AvgIpc) is 2.44. The fourth-order valence-electron chi connectivity index (χ4n) is 2.41. The van der Waals surface area contributed by atoms with Crippen molar-refractivity contribution in [3.05, 3.63) is 35.4 Å². The molecule has 0 saturated heterocycles. The van der Waals surface area contributed by atoms with E-state index in [4.69, 9.17) is 0 Å². The zero-order chi connectivity index (χ0) is 11.5. The molecule has 1 saturated carbocycles. The first-order valence-corrected chi connectivity index (χ1v) is 6.69. The van der Waals surface area contributed by atoms with Gasteiger partial charge in [-0.3, -0.25) is 0 Å². The summed E-state index contributed by atoms with van der Waals surface area (Å²) in [5, 5.41) is 0. The summed E-state index contributed by atoms with van der Waals surface area (Å²) in [5.74, 6) is -0.722. The van der Waals surface area contributed by atoms with E-state index >= 15 is 0 Å². The Morgan fingerprint density at radius 2 is 1.81 bits per heavy atom. The summed E-state index contributed by atoms with van der Waals surface area (Å²) in [5.41, 5.74) is 0.658. The molecule has 16 heavy (non-hydrogen) atoms. The van der Waals surface area contributed by atoms with Crippen LogP contribution in [0.4, 0.5) is 8.78 Å². The van der Waals surface area contributed by atoms with Crippen LogP contribution in [0.5, 0.6) is 0 Å². The molecule has 0 nitrogen and oxygen atoms in total. The smallest absolute Gasteiger partial charge is 0.129 e. The molecule has 0 bridgehead atoms. The molecule has 1 aromatic carbocycles. The van der Waals surface area contributed by atoms with Crippen molar-refractivity contribution in [2.75, 3.05) is 0 Å². The third-order valence-electron chi connectivity index (χ3n) is 3.29. The van der Waals surface area contributed by atoms with Gasteiger partial charge in [0.05, 0.1) is 0 Å². The summed E-state index contributed by atoms with van der Waals surface area (Å²) in [7, 11) is 0. The SMILES string of the molecule is Fc1ccc(C2CCCCCC2Br)c(F)c1. The minimum absolute atomic E-state index is 0.183. The predicted octanol–water partition coefficient (Wildman–Crippen LogP) is 4.78. The van der Waals surface area contributed by atoms with Crippen LogP contribution in [0.3, 0.4) is 0 Å². The first-order valence-electron chi connectivity index (χ1n) is 5.77. The van der Waals surface area contributed by atoms with Gasteiger partial charge in [-0.25, -0.2) is 8.78 Å². The summed E-state index contributed by atoms with van der Waals surface area (Å²) in [4.78, 5) is 0.315. The number of rotatable bonds is 1. The highest BCUT2D eigenvalue weighted by Crippen LogP contribution is 2.37. The Balaban J connectivity index is 2.27. The Morgan fingerprint density at radius 1 is 1.06 bits per heavy atom. The number of alkyl halides is 1. The summed E-state index contributed by atoms with van der Waals surface area (Å²) in [6.07, 6.45) is 5.58. The van der Waals surface area contributed by atoms with Gasteiger partial charge < -0.3 is 0 Å². The van der Waals surface area contributed by atoms with Gasteiger partial charge in [-0.2, -0.15) is 0 Å². The fraction of sp³-hybridized carbons (Fsp3) is 0.538. The lowest BCUT2D eigenvalue weighted by molar-refractivity contribution is 0.532. The first-order chi connectivity index (χ1) is 7.68. The highest BCUT2D eigenvalue weighted by Gasteiger charge is 2.25. The Hall–Kier alpha value is -0.440. The zero-order valence-corrected chi connectivity index (χ0v) is 10.6. The summed E-state index contributed by atoms with van der Waals surface area (Å²) in [6, 6.07) is 3.93. The maximum atomic E-state index is 13.7. The molecule has 1 aliphatic carbocycles. The van der Waals surface area contributed by atoms with Crippen molar-refractivity contribution in [1.29, 1.82) is 0 Å². The normalized spacial score (nSPS) is 26.4. The molecule has 2 unspecified atom stereocenters. The molecule has 0 N–H and O–H groups in total. The Labute approximate surface area is 103 Å². The van der Waals surface area contributed by atoms with E-state index in [2.05, 4.69) is 15.9 Å². The molecule has 0 heterocycles. The molecule has 1 aromatic rings. The Bertz CT molecular complexity index is 365. The Morgan fingerprint density at radius 3 is 2.56 bits per heavy atom. The van der Waals surface area contributed by atoms with Crippen molar-refractivity contribution in [2.45, 2.75) is 42.8 Å². The minimum atomic E-state index is -0.499. The highest BCUT2D eigenvalue weighted by atomic mass is 79.9. The molecule has 2 rings (SSSR count).